The molecule has 1 heterocycles. The molecule has 0 fully saturated rings. The number of amides is 1. The number of nitrogens with zero attached hydrogens (tertiary/aromatic N) is 1. The third-order valence-corrected chi connectivity index (χ3v) is 3.18. The zero-order chi connectivity index (χ0) is 14.0. The van der Waals surface area contributed by atoms with Crippen molar-refractivity contribution in [2.24, 2.45) is 5.73 Å². The van der Waals surface area contributed by atoms with Crippen LogP contribution in [0.3, 0.4) is 0 Å². The maximum Gasteiger partial charge on any atom is 0.323 e. The van der Waals surface area contributed by atoms with Gasteiger partial charge in [-0.3, -0.25) is 14.5 Å². The molecule has 1 aromatic rings. The zero-order valence-electron chi connectivity index (χ0n) is 10.6. The van der Waals surface area contributed by atoms with E-state index < -0.39 is 18.6 Å². The third kappa shape index (κ3) is 2.68. The standard InChI is InChI=1S/C13H16N2O4/c1-19-9-4-2-8-3-5-10(14)13(18)15(7-12(16)17)11(8)6-9/h2,4,6,10H,3,5,7,14H2,1H3,(H,16,17). The molecule has 1 amide bonds. The predicted octanol–water partition coefficient (Wildman–Crippen LogP) is 0.386. The molecule has 0 aliphatic carbocycles. The monoisotopic (exact) mass is 264 g/mol. The van der Waals surface area contributed by atoms with E-state index in [9.17, 15) is 9.59 Å². The van der Waals surface area contributed by atoms with Gasteiger partial charge in [0.25, 0.3) is 0 Å². The average molecular weight is 264 g/mol. The van der Waals surface area contributed by atoms with Crippen LogP contribution in [0.25, 0.3) is 0 Å². The molecule has 6 nitrogen and oxygen atoms in total. The molecule has 0 bridgehead atoms. The molecule has 0 radical (unpaired) electrons. The van der Waals surface area contributed by atoms with Crippen LogP contribution in [0.4, 0.5) is 5.69 Å². The quantitative estimate of drug-likeness (QED) is 0.823. The molecule has 0 saturated carbocycles. The summed E-state index contributed by atoms with van der Waals surface area (Å²) in [4.78, 5) is 24.3. The lowest BCUT2D eigenvalue weighted by molar-refractivity contribution is -0.136. The Morgan fingerprint density at radius 1 is 1.58 bits per heavy atom. The third-order valence-electron chi connectivity index (χ3n) is 3.18. The summed E-state index contributed by atoms with van der Waals surface area (Å²) in [6, 6.07) is 4.64. The van der Waals surface area contributed by atoms with Gasteiger partial charge in [0.2, 0.25) is 5.91 Å². The van der Waals surface area contributed by atoms with Crippen molar-refractivity contribution in [2.75, 3.05) is 18.6 Å². The first-order valence-electron chi connectivity index (χ1n) is 5.98. The van der Waals surface area contributed by atoms with E-state index in [0.717, 1.165) is 5.56 Å². The van der Waals surface area contributed by atoms with E-state index in [1.165, 1.54) is 12.0 Å². The highest BCUT2D eigenvalue weighted by molar-refractivity contribution is 6.01. The summed E-state index contributed by atoms with van der Waals surface area (Å²) in [5.41, 5.74) is 7.25. The number of ether oxygens (including phenoxy) is 1. The number of benzene rings is 1. The van der Waals surface area contributed by atoms with Gasteiger partial charge in [-0.15, -0.1) is 0 Å². The van der Waals surface area contributed by atoms with Crippen LogP contribution in [0.2, 0.25) is 0 Å². The minimum atomic E-state index is -1.07. The molecule has 0 spiro atoms. The Labute approximate surface area is 110 Å². The Hall–Kier alpha value is -2.08. The van der Waals surface area contributed by atoms with Crippen molar-refractivity contribution >= 4 is 17.6 Å². The average Bonchev–Trinajstić information content (AvgIpc) is 2.50. The predicted molar refractivity (Wildman–Crippen MR) is 69.3 cm³/mol. The molecule has 19 heavy (non-hydrogen) atoms. The summed E-state index contributed by atoms with van der Waals surface area (Å²) in [5, 5.41) is 8.95. The van der Waals surface area contributed by atoms with Crippen molar-refractivity contribution < 1.29 is 19.4 Å². The molecule has 2 rings (SSSR count). The number of carboxylic acid groups (broad SMARTS) is 1. The highest BCUT2D eigenvalue weighted by Gasteiger charge is 2.29. The Balaban J connectivity index is 2.48. The number of carbonyl (C=O) groups excluding carboxylic acids is 1. The van der Waals surface area contributed by atoms with E-state index in [0.29, 0.717) is 24.3 Å². The first-order chi connectivity index (χ1) is 9.02. The maximum absolute atomic E-state index is 12.1. The molecule has 3 N–H and O–H groups in total. The number of fused-ring (bicyclic) bond motifs is 1. The van der Waals surface area contributed by atoms with Crippen molar-refractivity contribution in [1.82, 2.24) is 0 Å². The van der Waals surface area contributed by atoms with E-state index in [1.807, 2.05) is 6.07 Å². The normalized spacial score (nSPS) is 18.7. The van der Waals surface area contributed by atoms with Gasteiger partial charge in [0.1, 0.15) is 12.3 Å². The largest absolute Gasteiger partial charge is 0.497 e. The van der Waals surface area contributed by atoms with Gasteiger partial charge in [-0.25, -0.2) is 0 Å². The molecule has 1 aliphatic heterocycles. The van der Waals surface area contributed by atoms with Gasteiger partial charge in [-0.1, -0.05) is 6.07 Å². The number of hydrogen-bond acceptors (Lipinski definition) is 4. The molecule has 1 atom stereocenters. The van der Waals surface area contributed by atoms with E-state index in [-0.39, 0.29) is 5.91 Å². The molecule has 0 aromatic heterocycles. The van der Waals surface area contributed by atoms with E-state index in [1.54, 1.807) is 12.1 Å². The van der Waals surface area contributed by atoms with Crippen LogP contribution in [0, 0.1) is 0 Å². The van der Waals surface area contributed by atoms with Crippen molar-refractivity contribution in [1.29, 1.82) is 0 Å². The first-order valence-corrected chi connectivity index (χ1v) is 5.98. The van der Waals surface area contributed by atoms with Gasteiger partial charge in [0, 0.05) is 6.07 Å². The van der Waals surface area contributed by atoms with Crippen LogP contribution in [0.1, 0.15) is 12.0 Å². The van der Waals surface area contributed by atoms with Gasteiger partial charge in [-0.05, 0) is 24.5 Å². The SMILES string of the molecule is COc1ccc2c(c1)N(CC(=O)O)C(=O)C(N)CC2. The van der Waals surface area contributed by atoms with Crippen molar-refractivity contribution in [3.63, 3.8) is 0 Å². The van der Waals surface area contributed by atoms with Crippen LogP contribution in [0.5, 0.6) is 5.75 Å². The summed E-state index contributed by atoms with van der Waals surface area (Å²) in [6.07, 6.45) is 1.15. The van der Waals surface area contributed by atoms with Gasteiger partial charge < -0.3 is 15.6 Å². The first kappa shape index (κ1) is 13.4. The molecule has 0 saturated heterocycles. The summed E-state index contributed by atoms with van der Waals surface area (Å²) in [6.45, 7) is -0.396. The molecule has 102 valence electrons. The number of nitrogens with two attached hydrogens (primary N) is 1. The molecule has 6 heteroatoms. The summed E-state index contributed by atoms with van der Waals surface area (Å²) in [7, 11) is 1.52. The second kappa shape index (κ2) is 5.27. The number of rotatable bonds is 3. The number of methoxy groups -OCH3 is 1. The molecule has 1 aromatic carbocycles. The van der Waals surface area contributed by atoms with Gasteiger partial charge in [0.15, 0.2) is 0 Å². The minimum absolute atomic E-state index is 0.366. The van der Waals surface area contributed by atoms with E-state index in [2.05, 4.69) is 0 Å². The summed E-state index contributed by atoms with van der Waals surface area (Å²) >= 11 is 0. The fourth-order valence-electron chi connectivity index (χ4n) is 2.19. The van der Waals surface area contributed by atoms with Gasteiger partial charge >= 0.3 is 5.97 Å². The smallest absolute Gasteiger partial charge is 0.323 e. The zero-order valence-corrected chi connectivity index (χ0v) is 10.6. The highest BCUT2D eigenvalue weighted by Crippen LogP contribution is 2.30. The number of carbonyl (C=O) groups is 2. The minimum Gasteiger partial charge on any atom is -0.497 e. The lowest BCUT2D eigenvalue weighted by Crippen LogP contribution is -2.45. The summed E-state index contributed by atoms with van der Waals surface area (Å²) in [5.74, 6) is -0.858. The topological polar surface area (TPSA) is 92.9 Å². The fourth-order valence-corrected chi connectivity index (χ4v) is 2.19. The summed E-state index contributed by atoms with van der Waals surface area (Å²) < 4.78 is 5.12. The number of aliphatic carboxylic acids is 1. The van der Waals surface area contributed by atoms with Crippen molar-refractivity contribution in [3.05, 3.63) is 23.8 Å². The van der Waals surface area contributed by atoms with Crippen molar-refractivity contribution in [3.8, 4) is 5.75 Å². The van der Waals surface area contributed by atoms with Crippen LogP contribution in [-0.2, 0) is 16.0 Å². The molecule has 1 aliphatic rings. The van der Waals surface area contributed by atoms with E-state index >= 15 is 0 Å². The molecular weight excluding hydrogens is 248 g/mol. The number of hydrogen-bond donors (Lipinski definition) is 2. The van der Waals surface area contributed by atoms with E-state index in [4.69, 9.17) is 15.6 Å². The van der Waals surface area contributed by atoms with Gasteiger partial charge in [-0.2, -0.15) is 0 Å². The number of carboxylic acids is 1. The highest BCUT2D eigenvalue weighted by atomic mass is 16.5. The second-order valence-corrected chi connectivity index (χ2v) is 4.46. The second-order valence-electron chi connectivity index (χ2n) is 4.46. The Morgan fingerprint density at radius 3 is 2.95 bits per heavy atom. The van der Waals surface area contributed by atoms with Crippen LogP contribution < -0.4 is 15.4 Å². The Kier molecular flexibility index (Phi) is 3.71. The van der Waals surface area contributed by atoms with Gasteiger partial charge in [0.05, 0.1) is 18.8 Å². The Morgan fingerprint density at radius 2 is 2.32 bits per heavy atom. The number of anilines is 1. The van der Waals surface area contributed by atoms with Crippen LogP contribution in [-0.4, -0.2) is 36.7 Å². The lowest BCUT2D eigenvalue weighted by Gasteiger charge is -2.23. The maximum atomic E-state index is 12.1. The van der Waals surface area contributed by atoms with Crippen molar-refractivity contribution in [2.45, 2.75) is 18.9 Å². The number of aryl methyl sites for hydroxylation is 1. The lowest BCUT2D eigenvalue weighted by atomic mass is 10.1. The molecule has 1 unspecified atom stereocenters. The fraction of sp³-hybridized carbons (Fsp3) is 0.385. The van der Waals surface area contributed by atoms with Crippen LogP contribution in [0.15, 0.2) is 18.2 Å². The van der Waals surface area contributed by atoms with Crippen LogP contribution >= 0.6 is 0 Å². The molecular formula is C13H16N2O4. The Bertz CT molecular complexity index is 515.